The number of methoxy groups -OCH3 is 1. The molecule has 0 fully saturated rings. The van der Waals surface area contributed by atoms with Crippen molar-refractivity contribution in [1.82, 2.24) is 4.31 Å². The molecule has 5 nitrogen and oxygen atoms in total. The van der Waals surface area contributed by atoms with E-state index >= 15 is 0 Å². The second kappa shape index (κ2) is 10.8. The summed E-state index contributed by atoms with van der Waals surface area (Å²) in [6.07, 6.45) is 0.659. The Morgan fingerprint density at radius 3 is 1.93 bits per heavy atom. The van der Waals surface area contributed by atoms with E-state index in [1.165, 1.54) is 0 Å². The van der Waals surface area contributed by atoms with Crippen molar-refractivity contribution < 1.29 is 17.9 Å². The number of hydrogen-bond donors (Lipinski definition) is 0. The summed E-state index contributed by atoms with van der Waals surface area (Å²) in [7, 11) is -1.89. The Morgan fingerprint density at radius 2 is 1.33 bits per heavy atom. The Morgan fingerprint density at radius 1 is 0.767 bits per heavy atom. The van der Waals surface area contributed by atoms with Crippen LogP contribution in [0.15, 0.2) is 84.9 Å². The Kier molecular flexibility index (Phi) is 7.88. The van der Waals surface area contributed by atoms with Crippen molar-refractivity contribution in [1.29, 1.82) is 0 Å². The highest BCUT2D eigenvalue weighted by Crippen LogP contribution is 2.18. The molecule has 0 saturated heterocycles. The predicted octanol–water partition coefficient (Wildman–Crippen LogP) is 4.15. The minimum absolute atomic E-state index is 0.0827. The third-order valence-corrected chi connectivity index (χ3v) is 6.54. The lowest BCUT2D eigenvalue weighted by molar-refractivity contribution is 0.332. The average Bonchev–Trinajstić information content (AvgIpc) is 2.78. The van der Waals surface area contributed by atoms with Crippen molar-refractivity contribution in [2.24, 2.45) is 0 Å². The molecular formula is C24H27NO4S. The van der Waals surface area contributed by atoms with Crippen molar-refractivity contribution >= 4 is 10.0 Å². The van der Waals surface area contributed by atoms with E-state index in [0.29, 0.717) is 25.3 Å². The van der Waals surface area contributed by atoms with Crippen LogP contribution in [0.1, 0.15) is 11.1 Å². The molecule has 0 aliphatic rings. The molecule has 0 amide bonds. The number of hydrogen-bond acceptors (Lipinski definition) is 4. The lowest BCUT2D eigenvalue weighted by Crippen LogP contribution is -2.36. The molecule has 3 rings (SSSR count). The summed E-state index contributed by atoms with van der Waals surface area (Å²) in [5.74, 6) is 1.26. The standard InChI is InChI=1S/C24H27NO4S/c1-28-23-12-14-24(15-13-23)29-18-19-30(26,27)25(20-22-10-6-3-7-11-22)17-16-21-8-4-2-5-9-21/h2-15H,16-20H2,1H3. The number of benzene rings is 3. The molecule has 0 radical (unpaired) electrons. The van der Waals surface area contributed by atoms with Crippen LogP contribution in [0.25, 0.3) is 0 Å². The van der Waals surface area contributed by atoms with Gasteiger partial charge in [-0.25, -0.2) is 8.42 Å². The van der Waals surface area contributed by atoms with Crippen molar-refractivity contribution in [3.05, 3.63) is 96.1 Å². The quantitative estimate of drug-likeness (QED) is 0.463. The first-order valence-corrected chi connectivity index (χ1v) is 11.5. The third kappa shape index (κ3) is 6.61. The molecule has 0 aliphatic carbocycles. The fraction of sp³-hybridized carbons (Fsp3) is 0.250. The van der Waals surface area contributed by atoms with E-state index in [9.17, 15) is 8.42 Å². The molecule has 6 heteroatoms. The maximum atomic E-state index is 13.1. The van der Waals surface area contributed by atoms with Crippen molar-refractivity contribution in [2.45, 2.75) is 13.0 Å². The van der Waals surface area contributed by atoms with E-state index in [2.05, 4.69) is 0 Å². The summed E-state index contributed by atoms with van der Waals surface area (Å²) < 4.78 is 38.5. The molecule has 3 aromatic rings. The van der Waals surface area contributed by atoms with Gasteiger partial charge in [0, 0.05) is 13.1 Å². The van der Waals surface area contributed by atoms with Crippen LogP contribution < -0.4 is 9.47 Å². The molecule has 158 valence electrons. The van der Waals surface area contributed by atoms with E-state index < -0.39 is 10.0 Å². The fourth-order valence-corrected chi connectivity index (χ4v) is 4.34. The van der Waals surface area contributed by atoms with E-state index in [4.69, 9.17) is 9.47 Å². The first-order chi connectivity index (χ1) is 14.6. The normalized spacial score (nSPS) is 11.4. The van der Waals surface area contributed by atoms with Crippen LogP contribution in [0.4, 0.5) is 0 Å². The summed E-state index contributed by atoms with van der Waals surface area (Å²) in [5.41, 5.74) is 2.07. The number of rotatable bonds is 11. The van der Waals surface area contributed by atoms with Gasteiger partial charge in [0.2, 0.25) is 10.0 Å². The van der Waals surface area contributed by atoms with Crippen LogP contribution in [-0.2, 0) is 23.0 Å². The Labute approximate surface area is 178 Å². The molecule has 0 spiro atoms. The van der Waals surface area contributed by atoms with Gasteiger partial charge in [-0.1, -0.05) is 60.7 Å². The zero-order chi connectivity index (χ0) is 21.2. The van der Waals surface area contributed by atoms with Crippen molar-refractivity contribution in [3.8, 4) is 11.5 Å². The number of nitrogens with zero attached hydrogens (tertiary/aromatic N) is 1. The van der Waals surface area contributed by atoms with Gasteiger partial charge in [-0.15, -0.1) is 0 Å². The highest BCUT2D eigenvalue weighted by molar-refractivity contribution is 7.89. The van der Waals surface area contributed by atoms with Crippen LogP contribution in [-0.4, -0.2) is 38.7 Å². The maximum Gasteiger partial charge on any atom is 0.217 e. The Balaban J connectivity index is 1.64. The topological polar surface area (TPSA) is 55.8 Å². The molecule has 0 aliphatic heterocycles. The largest absolute Gasteiger partial charge is 0.497 e. The molecule has 0 aromatic heterocycles. The van der Waals surface area contributed by atoms with Gasteiger partial charge in [-0.05, 0) is 41.8 Å². The number of ether oxygens (including phenoxy) is 2. The van der Waals surface area contributed by atoms with E-state index in [-0.39, 0.29) is 12.4 Å². The highest BCUT2D eigenvalue weighted by atomic mass is 32.2. The molecule has 0 heterocycles. The summed E-state index contributed by atoms with van der Waals surface area (Å²) in [6, 6.07) is 26.7. The Hall–Kier alpha value is -2.83. The summed E-state index contributed by atoms with van der Waals surface area (Å²) in [6.45, 7) is 0.855. The maximum absolute atomic E-state index is 13.1. The van der Waals surface area contributed by atoms with Crippen LogP contribution in [0, 0.1) is 0 Å². The minimum Gasteiger partial charge on any atom is -0.497 e. The van der Waals surface area contributed by atoms with Crippen LogP contribution in [0.2, 0.25) is 0 Å². The molecule has 3 aromatic carbocycles. The second-order valence-electron chi connectivity index (χ2n) is 6.89. The lowest BCUT2D eigenvalue weighted by Gasteiger charge is -2.22. The predicted molar refractivity (Wildman–Crippen MR) is 119 cm³/mol. The average molecular weight is 426 g/mol. The summed E-state index contributed by atoms with van der Waals surface area (Å²) in [5, 5.41) is 0. The smallest absolute Gasteiger partial charge is 0.217 e. The van der Waals surface area contributed by atoms with Crippen molar-refractivity contribution in [3.63, 3.8) is 0 Å². The number of sulfonamides is 1. The second-order valence-corrected chi connectivity index (χ2v) is 8.98. The zero-order valence-corrected chi connectivity index (χ0v) is 17.9. The van der Waals surface area contributed by atoms with Gasteiger partial charge in [-0.3, -0.25) is 0 Å². The molecule has 0 saturated carbocycles. The summed E-state index contributed by atoms with van der Waals surface area (Å²) >= 11 is 0. The molecule has 30 heavy (non-hydrogen) atoms. The monoisotopic (exact) mass is 425 g/mol. The highest BCUT2D eigenvalue weighted by Gasteiger charge is 2.22. The van der Waals surface area contributed by atoms with Gasteiger partial charge >= 0.3 is 0 Å². The van der Waals surface area contributed by atoms with Gasteiger partial charge in [0.25, 0.3) is 0 Å². The third-order valence-electron chi connectivity index (χ3n) is 4.76. The Bertz CT molecular complexity index is 990. The molecule has 0 bridgehead atoms. The van der Waals surface area contributed by atoms with Gasteiger partial charge in [0.15, 0.2) is 0 Å². The molecular weight excluding hydrogens is 398 g/mol. The first-order valence-electron chi connectivity index (χ1n) is 9.89. The van der Waals surface area contributed by atoms with Crippen LogP contribution >= 0.6 is 0 Å². The minimum atomic E-state index is -3.49. The van der Waals surface area contributed by atoms with Crippen molar-refractivity contribution in [2.75, 3.05) is 26.0 Å². The van der Waals surface area contributed by atoms with Crippen LogP contribution in [0.5, 0.6) is 11.5 Å². The van der Waals surface area contributed by atoms with E-state index in [1.54, 1.807) is 35.7 Å². The van der Waals surface area contributed by atoms with Gasteiger partial charge in [0.05, 0.1) is 12.9 Å². The molecule has 0 atom stereocenters. The molecule has 0 N–H and O–H groups in total. The van der Waals surface area contributed by atoms with Gasteiger partial charge in [-0.2, -0.15) is 4.31 Å². The SMILES string of the molecule is COc1ccc(OCCS(=O)(=O)N(CCc2ccccc2)Cc2ccccc2)cc1. The molecule has 0 unspecified atom stereocenters. The van der Waals surface area contributed by atoms with Gasteiger partial charge in [0.1, 0.15) is 18.1 Å². The first kappa shape index (κ1) is 21.9. The van der Waals surface area contributed by atoms with E-state index in [0.717, 1.165) is 16.9 Å². The lowest BCUT2D eigenvalue weighted by atomic mass is 10.1. The van der Waals surface area contributed by atoms with Gasteiger partial charge < -0.3 is 9.47 Å². The zero-order valence-electron chi connectivity index (χ0n) is 17.1. The summed E-state index contributed by atoms with van der Waals surface area (Å²) in [4.78, 5) is 0. The van der Waals surface area contributed by atoms with Crippen LogP contribution in [0.3, 0.4) is 0 Å². The fourth-order valence-electron chi connectivity index (χ4n) is 3.07. The van der Waals surface area contributed by atoms with E-state index in [1.807, 2.05) is 60.7 Å².